The average Bonchev–Trinajstić information content (AvgIpc) is 3.70. The van der Waals surface area contributed by atoms with E-state index in [4.69, 9.17) is 10.00 Å². The summed E-state index contributed by atoms with van der Waals surface area (Å²) in [7, 11) is 1.56. The largest absolute Gasteiger partial charge is 0.446 e. The van der Waals surface area contributed by atoms with Crippen LogP contribution in [0.5, 0.6) is 0 Å². The van der Waals surface area contributed by atoms with E-state index in [0.29, 0.717) is 23.6 Å². The van der Waals surface area contributed by atoms with Crippen molar-refractivity contribution >= 4 is 11.8 Å². The fourth-order valence-electron chi connectivity index (χ4n) is 8.48. The highest BCUT2D eigenvalue weighted by atomic mass is 19.1. The predicted octanol–water partition coefficient (Wildman–Crippen LogP) is 5.91. The van der Waals surface area contributed by atoms with Crippen LogP contribution in [-0.2, 0) is 23.1 Å². The van der Waals surface area contributed by atoms with E-state index in [1.54, 1.807) is 13.2 Å². The number of hydrogen-bond donors (Lipinski definition) is 1. The van der Waals surface area contributed by atoms with Crippen LogP contribution in [0.2, 0.25) is 0 Å². The number of piperidine rings is 1. The minimum Gasteiger partial charge on any atom is -0.446 e. The van der Waals surface area contributed by atoms with Crippen LogP contribution in [0.1, 0.15) is 56.0 Å². The van der Waals surface area contributed by atoms with Gasteiger partial charge < -0.3 is 24.4 Å². The Morgan fingerprint density at radius 3 is 2.46 bits per heavy atom. The Hall–Kier alpha value is -3.97. The maximum Gasteiger partial charge on any atom is 0.407 e. The van der Waals surface area contributed by atoms with E-state index in [2.05, 4.69) is 37.7 Å². The van der Waals surface area contributed by atoms with Gasteiger partial charge in [-0.1, -0.05) is 6.92 Å². The van der Waals surface area contributed by atoms with E-state index < -0.39 is 23.1 Å². The van der Waals surface area contributed by atoms with Gasteiger partial charge in [-0.05, 0) is 93.1 Å². The van der Waals surface area contributed by atoms with Crippen LogP contribution >= 0.6 is 0 Å². The summed E-state index contributed by atoms with van der Waals surface area (Å²) in [5.41, 5.74) is 1.80. The van der Waals surface area contributed by atoms with E-state index in [1.165, 1.54) is 12.1 Å². The molecule has 6 rings (SSSR count). The Kier molecular flexibility index (Phi) is 9.60. The topological polar surface area (TPSA) is 86.4 Å². The molecule has 1 amide bonds. The van der Waals surface area contributed by atoms with Crippen molar-refractivity contribution in [2.24, 2.45) is 17.8 Å². The number of nitriles is 1. The number of ether oxygens (including phenoxy) is 1. The van der Waals surface area contributed by atoms with Crippen molar-refractivity contribution in [3.63, 3.8) is 0 Å². The van der Waals surface area contributed by atoms with Gasteiger partial charge in [-0.2, -0.15) is 5.26 Å². The van der Waals surface area contributed by atoms with Crippen LogP contribution in [0.15, 0.2) is 54.9 Å². The molecule has 1 aliphatic carbocycles. The number of benzene rings is 2. The number of alkyl carbamates (subject to hydrolysis) is 1. The van der Waals surface area contributed by atoms with Crippen molar-refractivity contribution in [3.8, 4) is 6.07 Å². The Morgan fingerprint density at radius 1 is 1.09 bits per heavy atom. The van der Waals surface area contributed by atoms with Gasteiger partial charge in [-0.3, -0.25) is 0 Å². The first kappa shape index (κ1) is 32.0. The van der Waals surface area contributed by atoms with Crippen molar-refractivity contribution in [2.45, 2.75) is 63.5 Å². The van der Waals surface area contributed by atoms with Gasteiger partial charge >= 0.3 is 6.09 Å². The molecule has 1 N–H and O–H groups in total. The molecule has 0 bridgehead atoms. The molecular weight excluding hydrogens is 586 g/mol. The van der Waals surface area contributed by atoms with Gasteiger partial charge in [0.1, 0.15) is 23.6 Å². The zero-order valence-corrected chi connectivity index (χ0v) is 26.8. The normalized spacial score (nSPS) is 22.2. The summed E-state index contributed by atoms with van der Waals surface area (Å²) < 4.78 is 38.3. The SMILES string of the molecule is CCc1nccn1CC(c1cc(F)cc(F)c1)(C1CCN(CC2CN(c3ccc(C#N)cc3)C2)CC1)[C@H]1CCC[C@@H]1OC(=O)NC. The van der Waals surface area contributed by atoms with E-state index in [-0.39, 0.29) is 17.9 Å². The number of aromatic nitrogens is 2. The van der Waals surface area contributed by atoms with Gasteiger partial charge in [0, 0.05) is 81.0 Å². The number of hydrogen-bond acceptors (Lipinski definition) is 6. The van der Waals surface area contributed by atoms with Gasteiger partial charge in [-0.25, -0.2) is 18.6 Å². The first-order chi connectivity index (χ1) is 22.3. The summed E-state index contributed by atoms with van der Waals surface area (Å²) in [4.78, 5) is 22.0. The molecule has 1 saturated carbocycles. The van der Waals surface area contributed by atoms with Crippen molar-refractivity contribution in [3.05, 3.63) is 83.4 Å². The molecule has 8 nitrogen and oxygen atoms in total. The first-order valence-corrected chi connectivity index (χ1v) is 16.6. The number of aryl methyl sites for hydroxylation is 1. The highest BCUT2D eigenvalue weighted by Gasteiger charge is 2.53. The van der Waals surface area contributed by atoms with Crippen molar-refractivity contribution in [1.29, 1.82) is 5.26 Å². The first-order valence-electron chi connectivity index (χ1n) is 16.6. The molecule has 244 valence electrons. The summed E-state index contributed by atoms with van der Waals surface area (Å²) in [6.45, 7) is 7.36. The molecule has 3 heterocycles. The summed E-state index contributed by atoms with van der Waals surface area (Å²) in [6, 6.07) is 13.9. The highest BCUT2D eigenvalue weighted by Crippen LogP contribution is 2.52. The molecule has 2 aromatic carbocycles. The molecule has 46 heavy (non-hydrogen) atoms. The van der Waals surface area contributed by atoms with E-state index in [9.17, 15) is 4.79 Å². The lowest BCUT2D eigenvalue weighted by molar-refractivity contribution is 0.00147. The number of likely N-dealkylation sites (tertiary alicyclic amines) is 1. The summed E-state index contributed by atoms with van der Waals surface area (Å²) in [5, 5.41) is 11.7. The summed E-state index contributed by atoms with van der Waals surface area (Å²) >= 11 is 0. The van der Waals surface area contributed by atoms with Crippen LogP contribution in [0.4, 0.5) is 19.3 Å². The molecule has 1 aromatic heterocycles. The van der Waals surface area contributed by atoms with E-state index >= 15 is 8.78 Å². The summed E-state index contributed by atoms with van der Waals surface area (Å²) in [5.74, 6) is 0.327. The maximum absolute atomic E-state index is 15.1. The fraction of sp³-hybridized carbons (Fsp3) is 0.528. The lowest BCUT2D eigenvalue weighted by atomic mass is 9.58. The van der Waals surface area contributed by atoms with Crippen LogP contribution in [0.25, 0.3) is 0 Å². The Bertz CT molecular complexity index is 1520. The summed E-state index contributed by atoms with van der Waals surface area (Å²) in [6.07, 6.45) is 7.84. The minimum atomic E-state index is -0.669. The number of nitrogens with one attached hydrogen (secondary N) is 1. The molecule has 3 atom stereocenters. The molecule has 2 saturated heterocycles. The third kappa shape index (κ3) is 6.48. The van der Waals surface area contributed by atoms with E-state index in [0.717, 1.165) is 88.8 Å². The molecule has 0 radical (unpaired) electrons. The second-order valence-electron chi connectivity index (χ2n) is 13.3. The maximum atomic E-state index is 15.1. The lowest BCUT2D eigenvalue weighted by Gasteiger charge is -2.51. The van der Waals surface area contributed by atoms with Crippen LogP contribution < -0.4 is 10.2 Å². The van der Waals surface area contributed by atoms with Gasteiger partial charge in [0.05, 0.1) is 11.6 Å². The third-order valence-corrected chi connectivity index (χ3v) is 10.7. The molecule has 2 aliphatic heterocycles. The molecular formula is C36H44F2N6O2. The number of anilines is 1. The average molecular weight is 631 g/mol. The number of rotatable bonds is 10. The molecule has 3 fully saturated rings. The van der Waals surface area contributed by atoms with Crippen LogP contribution in [-0.4, -0.2) is 66.4 Å². The zero-order valence-electron chi connectivity index (χ0n) is 26.8. The zero-order chi connectivity index (χ0) is 32.3. The number of nitrogens with zero attached hydrogens (tertiary/aromatic N) is 5. The number of carbonyl (C=O) groups is 1. The Morgan fingerprint density at radius 2 is 1.80 bits per heavy atom. The van der Waals surface area contributed by atoms with E-state index in [1.807, 2.05) is 30.5 Å². The monoisotopic (exact) mass is 630 g/mol. The predicted molar refractivity (Wildman–Crippen MR) is 172 cm³/mol. The number of carbonyl (C=O) groups excluding carboxylic acids is 1. The molecule has 10 heteroatoms. The van der Waals surface area contributed by atoms with Gasteiger partial charge in [0.25, 0.3) is 0 Å². The fourth-order valence-corrected chi connectivity index (χ4v) is 8.48. The standard InChI is InChI=1S/C36H44F2N6O2/c1-3-34-41-13-16-43(34)24-36(28-17-29(37)19-30(38)18-28,32-5-4-6-33(32)46-35(45)40-2)27-11-14-42(15-12-27)21-26-22-44(23-26)31-9-7-25(20-39)8-10-31/h7-10,13,16-19,26-27,32-33H,3-6,11-12,14-15,21-24H2,1-2H3,(H,40,45)/t32-,33-,36?/m0/s1. The van der Waals surface area contributed by atoms with Gasteiger partial charge in [0.15, 0.2) is 0 Å². The smallest absolute Gasteiger partial charge is 0.407 e. The van der Waals surface area contributed by atoms with Crippen molar-refractivity contribution < 1.29 is 18.3 Å². The quantitative estimate of drug-likeness (QED) is 0.300. The second kappa shape index (κ2) is 13.8. The molecule has 1 unspecified atom stereocenters. The van der Waals surface area contributed by atoms with Crippen molar-refractivity contribution in [2.75, 3.05) is 44.7 Å². The molecule has 0 spiro atoms. The van der Waals surface area contributed by atoms with Gasteiger partial charge in [0.2, 0.25) is 0 Å². The molecule has 3 aromatic rings. The number of imidazole rings is 1. The second-order valence-corrected chi connectivity index (χ2v) is 13.3. The highest BCUT2D eigenvalue weighted by molar-refractivity contribution is 5.67. The van der Waals surface area contributed by atoms with Crippen LogP contribution in [0, 0.1) is 40.7 Å². The Balaban J connectivity index is 1.26. The third-order valence-electron chi connectivity index (χ3n) is 10.7. The van der Waals surface area contributed by atoms with Gasteiger partial charge in [-0.15, -0.1) is 0 Å². The molecule has 3 aliphatic rings. The number of halogens is 2. The van der Waals surface area contributed by atoms with Crippen LogP contribution in [0.3, 0.4) is 0 Å². The Labute approximate surface area is 270 Å². The minimum absolute atomic E-state index is 0.109. The number of amides is 1. The lowest BCUT2D eigenvalue weighted by Crippen LogP contribution is -2.55. The van der Waals surface area contributed by atoms with Crippen molar-refractivity contribution in [1.82, 2.24) is 19.8 Å².